The zero-order valence-corrected chi connectivity index (χ0v) is 20.6. The molecule has 1 unspecified atom stereocenters. The van der Waals surface area contributed by atoms with Crippen molar-refractivity contribution in [1.82, 2.24) is 10.2 Å². The number of amides is 1. The van der Waals surface area contributed by atoms with Crippen LogP contribution in [0.25, 0.3) is 0 Å². The average Bonchev–Trinajstić information content (AvgIpc) is 3.15. The minimum Gasteiger partial charge on any atom is -0.367 e. The van der Waals surface area contributed by atoms with Gasteiger partial charge >= 0.3 is 12.4 Å². The summed E-state index contributed by atoms with van der Waals surface area (Å²) in [5, 5.41) is 3.07. The second-order valence-electron chi connectivity index (χ2n) is 10.5. The van der Waals surface area contributed by atoms with E-state index in [-0.39, 0.29) is 35.9 Å². The van der Waals surface area contributed by atoms with Crippen molar-refractivity contribution in [3.8, 4) is 0 Å². The predicted octanol–water partition coefficient (Wildman–Crippen LogP) is 7.77. The van der Waals surface area contributed by atoms with E-state index < -0.39 is 29.5 Å². The van der Waals surface area contributed by atoms with Crippen molar-refractivity contribution < 1.29 is 31.1 Å². The Bertz CT molecular complexity index is 971. The molecule has 2 saturated carbocycles. The molecule has 1 aromatic carbocycles. The molecule has 1 aromatic rings. The number of alkyl halides is 6. The molecule has 1 amide bonds. The highest BCUT2D eigenvalue weighted by Crippen LogP contribution is 2.46. The fourth-order valence-electron chi connectivity index (χ4n) is 6.09. The Labute approximate surface area is 208 Å². The summed E-state index contributed by atoms with van der Waals surface area (Å²) in [6.07, 6.45) is 0.298. The zero-order chi connectivity index (χ0) is 26.1. The molecule has 9 heteroatoms. The summed E-state index contributed by atoms with van der Waals surface area (Å²) in [4.78, 5) is 15.1. The molecule has 2 fully saturated rings. The minimum absolute atomic E-state index is 0.0472. The van der Waals surface area contributed by atoms with Gasteiger partial charge in [-0.15, -0.1) is 0 Å². The molecule has 3 nitrogen and oxygen atoms in total. The second kappa shape index (κ2) is 10.7. The Morgan fingerprint density at radius 1 is 0.917 bits per heavy atom. The van der Waals surface area contributed by atoms with E-state index in [2.05, 4.69) is 5.32 Å². The van der Waals surface area contributed by atoms with Crippen LogP contribution in [0.4, 0.5) is 26.3 Å². The van der Waals surface area contributed by atoms with Crippen molar-refractivity contribution in [3.63, 3.8) is 0 Å². The fraction of sp³-hybridized carbons (Fsp3) is 0.667. The Kier molecular flexibility index (Phi) is 7.95. The lowest BCUT2D eigenvalue weighted by molar-refractivity contribution is -0.143. The molecule has 0 radical (unpaired) electrons. The summed E-state index contributed by atoms with van der Waals surface area (Å²) in [7, 11) is 0. The third kappa shape index (κ3) is 6.02. The molecular weight excluding hydrogens is 482 g/mol. The van der Waals surface area contributed by atoms with E-state index in [1.807, 2.05) is 4.90 Å². The first-order chi connectivity index (χ1) is 16.9. The highest BCUT2D eigenvalue weighted by Gasteiger charge is 2.43. The number of allylic oxidation sites excluding steroid dienone is 1. The first kappa shape index (κ1) is 26.9. The van der Waals surface area contributed by atoms with Gasteiger partial charge in [0.25, 0.3) is 0 Å². The monoisotopic (exact) mass is 516 g/mol. The largest absolute Gasteiger partial charge is 0.416 e. The highest BCUT2D eigenvalue weighted by molar-refractivity contribution is 5.95. The van der Waals surface area contributed by atoms with E-state index in [1.54, 1.807) is 6.92 Å². The lowest BCUT2D eigenvalue weighted by Crippen LogP contribution is -2.37. The summed E-state index contributed by atoms with van der Waals surface area (Å²) >= 11 is 0. The second-order valence-corrected chi connectivity index (χ2v) is 10.5. The van der Waals surface area contributed by atoms with Crippen LogP contribution in [-0.4, -0.2) is 23.4 Å². The summed E-state index contributed by atoms with van der Waals surface area (Å²) in [6, 6.07) is 1.11. The van der Waals surface area contributed by atoms with E-state index in [0.717, 1.165) is 76.3 Å². The molecule has 0 spiro atoms. The molecule has 1 aliphatic heterocycles. The molecule has 3 aliphatic rings. The molecule has 1 atom stereocenters. The smallest absolute Gasteiger partial charge is 0.367 e. The van der Waals surface area contributed by atoms with E-state index in [4.69, 9.17) is 0 Å². The van der Waals surface area contributed by atoms with Crippen LogP contribution in [0.15, 0.2) is 29.5 Å². The summed E-state index contributed by atoms with van der Waals surface area (Å²) in [6.45, 7) is 2.25. The standard InChI is InChI=1S/C27H34F6N2O/c1-17-22(25(36)34-20-10-6-3-7-11-20)15-24(35(17)16-18-8-4-2-5-9-18)21-13-12-19(26(28,29)30)14-23(21)27(31,32)33/h12-14,18,20,24H,2-11,15-16H2,1H3,(H,34,36). The maximum atomic E-state index is 14.0. The topological polar surface area (TPSA) is 32.3 Å². The van der Waals surface area contributed by atoms with Gasteiger partial charge in [-0.2, -0.15) is 26.3 Å². The number of carbonyl (C=O) groups excluding carboxylic acids is 1. The molecule has 1 N–H and O–H groups in total. The molecule has 36 heavy (non-hydrogen) atoms. The number of nitrogens with one attached hydrogen (secondary N) is 1. The lowest BCUT2D eigenvalue weighted by Gasteiger charge is -2.35. The van der Waals surface area contributed by atoms with Crippen LogP contribution in [0.3, 0.4) is 0 Å². The van der Waals surface area contributed by atoms with E-state index in [1.165, 1.54) is 0 Å². The van der Waals surface area contributed by atoms with Gasteiger partial charge in [0.15, 0.2) is 0 Å². The van der Waals surface area contributed by atoms with E-state index >= 15 is 0 Å². The number of rotatable bonds is 5. The Morgan fingerprint density at radius 2 is 1.53 bits per heavy atom. The Morgan fingerprint density at radius 3 is 2.11 bits per heavy atom. The molecular formula is C27H34F6N2O. The lowest BCUT2D eigenvalue weighted by atomic mass is 9.88. The van der Waals surface area contributed by atoms with Crippen LogP contribution in [-0.2, 0) is 17.1 Å². The molecule has 0 bridgehead atoms. The van der Waals surface area contributed by atoms with Crippen LogP contribution in [0.2, 0.25) is 0 Å². The van der Waals surface area contributed by atoms with Gasteiger partial charge in [-0.3, -0.25) is 4.79 Å². The van der Waals surface area contributed by atoms with Crippen molar-refractivity contribution in [2.75, 3.05) is 6.54 Å². The number of nitrogens with zero attached hydrogens (tertiary/aromatic N) is 1. The third-order valence-electron chi connectivity index (χ3n) is 8.08. The molecule has 1 heterocycles. The van der Waals surface area contributed by atoms with Crippen LogP contribution in [0.1, 0.15) is 100 Å². The van der Waals surface area contributed by atoms with Crippen LogP contribution >= 0.6 is 0 Å². The van der Waals surface area contributed by atoms with Crippen LogP contribution in [0, 0.1) is 5.92 Å². The quantitative estimate of drug-likeness (QED) is 0.406. The number of halogens is 6. The third-order valence-corrected chi connectivity index (χ3v) is 8.08. The zero-order valence-electron chi connectivity index (χ0n) is 20.6. The number of benzene rings is 1. The van der Waals surface area contributed by atoms with Gasteiger partial charge in [-0.1, -0.05) is 44.6 Å². The summed E-state index contributed by atoms with van der Waals surface area (Å²) in [5.41, 5.74) is -1.74. The van der Waals surface area contributed by atoms with E-state index in [9.17, 15) is 31.1 Å². The van der Waals surface area contributed by atoms with Crippen molar-refractivity contribution in [2.24, 2.45) is 5.92 Å². The Hall–Kier alpha value is -2.19. The number of carbonyl (C=O) groups is 1. The minimum atomic E-state index is -4.95. The van der Waals surface area contributed by atoms with Crippen LogP contribution in [0.5, 0.6) is 0 Å². The molecule has 200 valence electrons. The molecule has 4 rings (SSSR count). The van der Waals surface area contributed by atoms with Gasteiger partial charge in [-0.05, 0) is 56.2 Å². The highest BCUT2D eigenvalue weighted by atomic mass is 19.4. The Balaban J connectivity index is 1.68. The number of hydrogen-bond acceptors (Lipinski definition) is 2. The van der Waals surface area contributed by atoms with Gasteiger partial charge in [0.2, 0.25) is 5.91 Å². The van der Waals surface area contributed by atoms with Gasteiger partial charge in [0.05, 0.1) is 17.2 Å². The van der Waals surface area contributed by atoms with Crippen molar-refractivity contribution >= 4 is 5.91 Å². The maximum Gasteiger partial charge on any atom is 0.416 e. The van der Waals surface area contributed by atoms with Gasteiger partial charge in [-0.25, -0.2) is 0 Å². The van der Waals surface area contributed by atoms with Gasteiger partial charge in [0.1, 0.15) is 0 Å². The van der Waals surface area contributed by atoms with Crippen molar-refractivity contribution in [1.29, 1.82) is 0 Å². The summed E-state index contributed by atoms with van der Waals surface area (Å²) in [5.74, 6) is 0.0109. The van der Waals surface area contributed by atoms with Gasteiger partial charge in [0, 0.05) is 30.3 Å². The van der Waals surface area contributed by atoms with Crippen LogP contribution < -0.4 is 5.32 Å². The fourth-order valence-corrected chi connectivity index (χ4v) is 6.09. The summed E-state index contributed by atoms with van der Waals surface area (Å²) < 4.78 is 81.9. The van der Waals surface area contributed by atoms with Crippen molar-refractivity contribution in [2.45, 2.75) is 102 Å². The number of hydrogen-bond donors (Lipinski definition) is 1. The first-order valence-electron chi connectivity index (χ1n) is 13.0. The maximum absolute atomic E-state index is 14.0. The SMILES string of the molecule is CC1=C(C(=O)NC2CCCCC2)CC(c2ccc(C(F)(F)F)cc2C(F)(F)F)N1CC1CCCCC1. The molecule has 2 aliphatic carbocycles. The normalized spacial score (nSPS) is 22.9. The van der Waals surface area contributed by atoms with Crippen molar-refractivity contribution in [3.05, 3.63) is 46.2 Å². The predicted molar refractivity (Wildman–Crippen MR) is 125 cm³/mol. The first-order valence-corrected chi connectivity index (χ1v) is 13.0. The van der Waals surface area contributed by atoms with E-state index in [0.29, 0.717) is 17.8 Å². The van der Waals surface area contributed by atoms with Gasteiger partial charge < -0.3 is 10.2 Å². The molecule has 0 aromatic heterocycles. The molecule has 0 saturated heterocycles. The average molecular weight is 517 g/mol.